The molecule has 1 aliphatic heterocycles. The number of nitrogens with two attached hydrogens (primary N) is 2. The fourth-order valence-electron chi connectivity index (χ4n) is 5.53. The second-order valence-electron chi connectivity index (χ2n) is 10.2. The molecule has 1 aromatic heterocycles. The van der Waals surface area contributed by atoms with Crippen LogP contribution in [0.2, 0.25) is 0 Å². The Hall–Kier alpha value is -3.75. The van der Waals surface area contributed by atoms with Gasteiger partial charge in [-0.1, -0.05) is 6.07 Å². The number of nitrogens with one attached hydrogen (secondary N) is 1. The van der Waals surface area contributed by atoms with Crippen LogP contribution in [-0.4, -0.2) is 59.2 Å². The standard InChI is InChI=1S/C27H32N6O3/c28-25-24-21(30-31-25)13-18(15-23(24)36-19-3-1-2-4-19)17-7-8-20(26(29)34)22(14-17)32-9-11-33(12-10-32)27(35)16-5-6-16/h7-8,13-16,19H,1-6,9-12H2,(H2,29,34)(H3,28,30,31). The third kappa shape index (κ3) is 4.23. The largest absolute Gasteiger partial charge is 0.490 e. The number of rotatable bonds is 6. The summed E-state index contributed by atoms with van der Waals surface area (Å²) in [4.78, 5) is 28.9. The number of amides is 2. The van der Waals surface area contributed by atoms with Crippen molar-refractivity contribution in [3.8, 4) is 16.9 Å². The number of hydrogen-bond acceptors (Lipinski definition) is 6. The minimum atomic E-state index is -0.463. The summed E-state index contributed by atoms with van der Waals surface area (Å²) in [7, 11) is 0. The van der Waals surface area contributed by atoms with Gasteiger partial charge in [-0.25, -0.2) is 0 Å². The van der Waals surface area contributed by atoms with Crippen molar-refractivity contribution in [1.29, 1.82) is 0 Å². The molecule has 3 fully saturated rings. The minimum absolute atomic E-state index is 0.181. The number of nitrogens with zero attached hydrogens (tertiary/aromatic N) is 3. The molecule has 2 aromatic carbocycles. The van der Waals surface area contributed by atoms with Gasteiger partial charge in [0.15, 0.2) is 5.82 Å². The van der Waals surface area contributed by atoms with Gasteiger partial charge in [-0.05, 0) is 73.9 Å². The molecule has 0 radical (unpaired) electrons. The van der Waals surface area contributed by atoms with Gasteiger partial charge in [0.25, 0.3) is 5.91 Å². The molecule has 0 bridgehead atoms. The molecule has 5 N–H and O–H groups in total. The molecule has 9 nitrogen and oxygen atoms in total. The van der Waals surface area contributed by atoms with Crippen LogP contribution >= 0.6 is 0 Å². The van der Waals surface area contributed by atoms with Crippen molar-refractivity contribution < 1.29 is 14.3 Å². The van der Waals surface area contributed by atoms with E-state index in [1.165, 1.54) is 12.8 Å². The van der Waals surface area contributed by atoms with Crippen molar-refractivity contribution in [2.45, 2.75) is 44.6 Å². The van der Waals surface area contributed by atoms with E-state index in [9.17, 15) is 9.59 Å². The predicted molar refractivity (Wildman–Crippen MR) is 139 cm³/mol. The Morgan fingerprint density at radius 3 is 2.42 bits per heavy atom. The molecule has 2 amide bonds. The maximum Gasteiger partial charge on any atom is 0.250 e. The van der Waals surface area contributed by atoms with E-state index in [1.807, 2.05) is 29.2 Å². The molecule has 2 heterocycles. The van der Waals surface area contributed by atoms with Gasteiger partial charge < -0.3 is 26.0 Å². The summed E-state index contributed by atoms with van der Waals surface area (Å²) < 4.78 is 6.40. The summed E-state index contributed by atoms with van der Waals surface area (Å²) in [5, 5.41) is 8.03. The maximum atomic E-state index is 12.5. The molecule has 9 heteroatoms. The number of carbonyl (C=O) groups excluding carboxylic acids is 2. The van der Waals surface area contributed by atoms with E-state index >= 15 is 0 Å². The summed E-state index contributed by atoms with van der Waals surface area (Å²) >= 11 is 0. The van der Waals surface area contributed by atoms with Gasteiger partial charge in [0.1, 0.15) is 5.75 Å². The van der Waals surface area contributed by atoms with Crippen LogP contribution in [0.15, 0.2) is 30.3 Å². The quantitative estimate of drug-likeness (QED) is 0.488. The fourth-order valence-corrected chi connectivity index (χ4v) is 5.53. The minimum Gasteiger partial charge on any atom is -0.490 e. The topological polar surface area (TPSA) is 131 Å². The molecule has 36 heavy (non-hydrogen) atoms. The first kappa shape index (κ1) is 22.7. The number of fused-ring (bicyclic) bond motifs is 1. The zero-order chi connectivity index (χ0) is 24.8. The van der Waals surface area contributed by atoms with E-state index in [0.717, 1.165) is 59.2 Å². The Morgan fingerprint density at radius 1 is 0.972 bits per heavy atom. The number of ether oxygens (including phenoxy) is 1. The Kier molecular flexibility index (Phi) is 5.70. The molecule has 2 saturated carbocycles. The molecular formula is C27H32N6O3. The lowest BCUT2D eigenvalue weighted by Gasteiger charge is -2.37. The summed E-state index contributed by atoms with van der Waals surface area (Å²) in [6.07, 6.45) is 6.61. The number of carbonyl (C=O) groups is 2. The first-order valence-electron chi connectivity index (χ1n) is 12.9. The molecule has 0 unspecified atom stereocenters. The summed E-state index contributed by atoms with van der Waals surface area (Å²) in [5.41, 5.74) is 15.9. The van der Waals surface area contributed by atoms with Crippen molar-refractivity contribution in [2.24, 2.45) is 11.7 Å². The highest BCUT2D eigenvalue weighted by atomic mass is 16.5. The number of aromatic nitrogens is 2. The van der Waals surface area contributed by atoms with E-state index in [2.05, 4.69) is 15.1 Å². The summed E-state index contributed by atoms with van der Waals surface area (Å²) in [6.45, 7) is 2.62. The average Bonchev–Trinajstić information content (AvgIpc) is 3.49. The van der Waals surface area contributed by atoms with E-state index in [-0.39, 0.29) is 17.9 Å². The van der Waals surface area contributed by atoms with Crippen LogP contribution in [0.1, 0.15) is 48.9 Å². The van der Waals surface area contributed by atoms with Crippen LogP contribution in [0.3, 0.4) is 0 Å². The zero-order valence-electron chi connectivity index (χ0n) is 20.3. The van der Waals surface area contributed by atoms with E-state index in [4.69, 9.17) is 16.2 Å². The lowest BCUT2D eigenvalue weighted by molar-refractivity contribution is -0.132. The predicted octanol–water partition coefficient (Wildman–Crippen LogP) is 3.29. The molecular weight excluding hydrogens is 456 g/mol. The second-order valence-corrected chi connectivity index (χ2v) is 10.2. The number of piperazine rings is 1. The van der Waals surface area contributed by atoms with Crippen LogP contribution in [0.5, 0.6) is 5.75 Å². The molecule has 188 valence electrons. The molecule has 0 spiro atoms. The van der Waals surface area contributed by atoms with Crippen LogP contribution in [0.4, 0.5) is 11.5 Å². The maximum absolute atomic E-state index is 12.5. The highest BCUT2D eigenvalue weighted by Crippen LogP contribution is 2.38. The molecule has 3 aliphatic rings. The van der Waals surface area contributed by atoms with Crippen molar-refractivity contribution >= 4 is 34.2 Å². The third-order valence-corrected chi connectivity index (χ3v) is 7.71. The van der Waals surface area contributed by atoms with Crippen molar-refractivity contribution in [3.05, 3.63) is 35.9 Å². The number of H-pyrrole nitrogens is 1. The second kappa shape index (κ2) is 9.04. The number of anilines is 2. The van der Waals surface area contributed by atoms with Gasteiger partial charge in [0, 0.05) is 32.1 Å². The zero-order valence-corrected chi connectivity index (χ0v) is 20.3. The monoisotopic (exact) mass is 488 g/mol. The van der Waals surface area contributed by atoms with Crippen molar-refractivity contribution in [1.82, 2.24) is 15.1 Å². The fraction of sp³-hybridized carbons (Fsp3) is 0.444. The number of nitrogen functional groups attached to an aromatic ring is 1. The van der Waals surface area contributed by atoms with Gasteiger partial charge in [-0.15, -0.1) is 0 Å². The summed E-state index contributed by atoms with van der Waals surface area (Å²) in [6, 6.07) is 9.74. The van der Waals surface area contributed by atoms with Crippen LogP contribution < -0.4 is 21.1 Å². The van der Waals surface area contributed by atoms with Gasteiger partial charge in [0.2, 0.25) is 5.91 Å². The highest BCUT2D eigenvalue weighted by Gasteiger charge is 2.35. The highest BCUT2D eigenvalue weighted by molar-refractivity contribution is 6.01. The first-order valence-corrected chi connectivity index (χ1v) is 12.9. The van der Waals surface area contributed by atoms with Crippen LogP contribution in [0.25, 0.3) is 22.0 Å². The first-order chi connectivity index (χ1) is 17.5. The van der Waals surface area contributed by atoms with E-state index < -0.39 is 5.91 Å². The van der Waals surface area contributed by atoms with Crippen LogP contribution in [-0.2, 0) is 4.79 Å². The third-order valence-electron chi connectivity index (χ3n) is 7.71. The van der Waals surface area contributed by atoms with Crippen molar-refractivity contribution in [2.75, 3.05) is 36.8 Å². The molecule has 2 aliphatic carbocycles. The molecule has 3 aromatic rings. The SMILES string of the molecule is NC(=O)c1ccc(-c2cc(OC3CCCC3)c3c(N)n[nH]c3c2)cc1N1CCN(C(=O)C2CC2)CC1. The number of benzene rings is 2. The Bertz CT molecular complexity index is 1320. The number of primary amides is 1. The van der Waals surface area contributed by atoms with Gasteiger partial charge >= 0.3 is 0 Å². The Labute approximate surface area is 209 Å². The normalized spacial score (nSPS) is 18.7. The number of aromatic amines is 1. The lowest BCUT2D eigenvalue weighted by atomic mass is 9.99. The van der Waals surface area contributed by atoms with Crippen molar-refractivity contribution in [3.63, 3.8) is 0 Å². The Morgan fingerprint density at radius 2 is 1.72 bits per heavy atom. The molecule has 1 saturated heterocycles. The number of hydrogen-bond donors (Lipinski definition) is 3. The van der Waals surface area contributed by atoms with E-state index in [1.54, 1.807) is 6.07 Å². The molecule has 0 atom stereocenters. The van der Waals surface area contributed by atoms with Crippen LogP contribution in [0, 0.1) is 5.92 Å². The average molecular weight is 489 g/mol. The van der Waals surface area contributed by atoms with Gasteiger partial charge in [-0.2, -0.15) is 5.10 Å². The smallest absolute Gasteiger partial charge is 0.250 e. The van der Waals surface area contributed by atoms with E-state index in [0.29, 0.717) is 37.6 Å². The summed E-state index contributed by atoms with van der Waals surface area (Å²) in [5.74, 6) is 1.17. The Balaban J connectivity index is 1.33. The van der Waals surface area contributed by atoms with Gasteiger partial charge in [-0.3, -0.25) is 14.7 Å². The van der Waals surface area contributed by atoms with Gasteiger partial charge in [0.05, 0.1) is 28.3 Å². The molecule has 6 rings (SSSR count). The lowest BCUT2D eigenvalue weighted by Crippen LogP contribution is -2.49.